The molecule has 3 rings (SSSR count). The molecule has 0 saturated heterocycles. The molecule has 1 aromatic heterocycles. The molecule has 23 heavy (non-hydrogen) atoms. The van der Waals surface area contributed by atoms with Crippen molar-refractivity contribution in [1.29, 1.82) is 0 Å². The number of para-hydroxylation sites is 1. The van der Waals surface area contributed by atoms with Crippen LogP contribution in [-0.2, 0) is 18.4 Å². The van der Waals surface area contributed by atoms with Gasteiger partial charge in [-0.15, -0.1) is 4.99 Å². The van der Waals surface area contributed by atoms with E-state index in [0.29, 0.717) is 5.62 Å². The van der Waals surface area contributed by atoms with Crippen LogP contribution in [0, 0.1) is 0 Å². The van der Waals surface area contributed by atoms with Crippen LogP contribution in [0.1, 0.15) is 11.1 Å². The molecule has 5 heteroatoms. The topological polar surface area (TPSA) is 59.4 Å². The molecule has 0 bridgehead atoms. The Balaban J connectivity index is 1.87. The standard InChI is InChI=1S/C18H17N3O2/c1-3-14-10-7-11-15-16(14)21(2)17(19-15)20-18(22)23-12-13-8-5-4-6-9-13/h3-11H,1,12H2,2H3,(H,19,20,22). The SMILES string of the molecule is C=Cc1cccc2[nH]/c(=N\C(=O)OCc3ccccc3)n(C)c12. The molecule has 3 aromatic rings. The fourth-order valence-corrected chi connectivity index (χ4v) is 2.45. The van der Waals surface area contributed by atoms with E-state index in [0.717, 1.165) is 22.2 Å². The maximum absolute atomic E-state index is 11.9. The fraction of sp³-hybridized carbons (Fsp3) is 0.111. The maximum atomic E-state index is 11.9. The van der Waals surface area contributed by atoms with Crippen molar-refractivity contribution < 1.29 is 9.53 Å². The number of hydrogen-bond donors (Lipinski definition) is 1. The van der Waals surface area contributed by atoms with Crippen LogP contribution in [0.5, 0.6) is 0 Å². The van der Waals surface area contributed by atoms with E-state index < -0.39 is 6.09 Å². The highest BCUT2D eigenvalue weighted by atomic mass is 16.5. The third-order valence-corrected chi connectivity index (χ3v) is 3.59. The highest BCUT2D eigenvalue weighted by Crippen LogP contribution is 2.15. The molecule has 0 spiro atoms. The second kappa shape index (κ2) is 6.36. The lowest BCUT2D eigenvalue weighted by atomic mass is 10.2. The molecule has 0 unspecified atom stereocenters. The fourth-order valence-electron chi connectivity index (χ4n) is 2.45. The van der Waals surface area contributed by atoms with Crippen molar-refractivity contribution in [2.75, 3.05) is 0 Å². The summed E-state index contributed by atoms with van der Waals surface area (Å²) >= 11 is 0. The van der Waals surface area contributed by atoms with Crippen LogP contribution in [0.3, 0.4) is 0 Å². The van der Waals surface area contributed by atoms with E-state index in [9.17, 15) is 4.79 Å². The number of ether oxygens (including phenoxy) is 1. The highest BCUT2D eigenvalue weighted by molar-refractivity contribution is 5.84. The lowest BCUT2D eigenvalue weighted by molar-refractivity contribution is 0.149. The average molecular weight is 307 g/mol. The Labute approximate surface area is 133 Å². The number of aromatic amines is 1. The number of H-pyrrole nitrogens is 1. The van der Waals surface area contributed by atoms with Gasteiger partial charge in [0, 0.05) is 7.05 Å². The second-order valence-corrected chi connectivity index (χ2v) is 5.11. The predicted octanol–water partition coefficient (Wildman–Crippen LogP) is 3.39. The first kappa shape index (κ1) is 14.8. The molecule has 2 aromatic carbocycles. The summed E-state index contributed by atoms with van der Waals surface area (Å²) in [5.74, 6) is 0. The Bertz CT molecular complexity index is 920. The summed E-state index contributed by atoms with van der Waals surface area (Å²) in [4.78, 5) is 19.0. The van der Waals surface area contributed by atoms with Crippen LogP contribution in [-0.4, -0.2) is 15.6 Å². The number of aromatic nitrogens is 2. The Hall–Kier alpha value is -3.08. The number of amides is 1. The van der Waals surface area contributed by atoms with E-state index in [-0.39, 0.29) is 6.61 Å². The van der Waals surface area contributed by atoms with E-state index in [4.69, 9.17) is 4.74 Å². The second-order valence-electron chi connectivity index (χ2n) is 5.11. The van der Waals surface area contributed by atoms with E-state index in [1.807, 2.05) is 60.1 Å². The van der Waals surface area contributed by atoms with Gasteiger partial charge in [-0.1, -0.05) is 55.1 Å². The number of aryl methyl sites for hydroxylation is 1. The van der Waals surface area contributed by atoms with Crippen molar-refractivity contribution in [2.24, 2.45) is 12.0 Å². The Morgan fingerprint density at radius 3 is 2.78 bits per heavy atom. The quantitative estimate of drug-likeness (QED) is 0.806. The number of benzene rings is 2. The third kappa shape index (κ3) is 3.08. The van der Waals surface area contributed by atoms with E-state index in [1.165, 1.54) is 0 Å². The zero-order valence-corrected chi connectivity index (χ0v) is 12.8. The summed E-state index contributed by atoms with van der Waals surface area (Å²) in [6.45, 7) is 4.01. The normalized spacial score (nSPS) is 11.6. The molecule has 0 aliphatic rings. The molecule has 1 amide bonds. The van der Waals surface area contributed by atoms with Gasteiger partial charge in [-0.2, -0.15) is 0 Å². The number of nitrogens with one attached hydrogen (secondary N) is 1. The number of imidazole rings is 1. The van der Waals surface area contributed by atoms with Gasteiger partial charge in [-0.3, -0.25) is 0 Å². The van der Waals surface area contributed by atoms with Crippen molar-refractivity contribution in [3.05, 3.63) is 71.9 Å². The molecule has 5 nitrogen and oxygen atoms in total. The molecule has 0 atom stereocenters. The van der Waals surface area contributed by atoms with Gasteiger partial charge in [0.25, 0.3) is 0 Å². The molecular weight excluding hydrogens is 290 g/mol. The lowest BCUT2D eigenvalue weighted by Crippen LogP contribution is -2.18. The zero-order chi connectivity index (χ0) is 16.2. The zero-order valence-electron chi connectivity index (χ0n) is 12.8. The van der Waals surface area contributed by atoms with Gasteiger partial charge >= 0.3 is 6.09 Å². The summed E-state index contributed by atoms with van der Waals surface area (Å²) in [7, 11) is 1.84. The van der Waals surface area contributed by atoms with Gasteiger partial charge in [-0.05, 0) is 17.2 Å². The minimum atomic E-state index is -0.629. The minimum Gasteiger partial charge on any atom is -0.443 e. The first-order valence-corrected chi connectivity index (χ1v) is 7.24. The molecule has 0 aliphatic heterocycles. The van der Waals surface area contributed by atoms with Crippen molar-refractivity contribution >= 4 is 23.2 Å². The van der Waals surface area contributed by atoms with Crippen LogP contribution in [0.2, 0.25) is 0 Å². The molecular formula is C18H17N3O2. The Morgan fingerprint density at radius 2 is 2.04 bits per heavy atom. The van der Waals surface area contributed by atoms with Gasteiger partial charge in [-0.25, -0.2) is 4.79 Å². The van der Waals surface area contributed by atoms with Crippen LogP contribution >= 0.6 is 0 Å². The predicted molar refractivity (Wildman–Crippen MR) is 89.6 cm³/mol. The average Bonchev–Trinajstić information content (AvgIpc) is 2.90. The Kier molecular flexibility index (Phi) is 4.10. The van der Waals surface area contributed by atoms with Crippen molar-refractivity contribution in [1.82, 2.24) is 9.55 Å². The summed E-state index contributed by atoms with van der Waals surface area (Å²) < 4.78 is 7.00. The largest absolute Gasteiger partial charge is 0.443 e. The molecule has 1 N–H and O–H groups in total. The van der Waals surface area contributed by atoms with Crippen molar-refractivity contribution in [3.8, 4) is 0 Å². The monoisotopic (exact) mass is 307 g/mol. The number of nitrogens with zero attached hydrogens (tertiary/aromatic N) is 2. The summed E-state index contributed by atoms with van der Waals surface area (Å²) in [6.07, 6.45) is 1.14. The van der Waals surface area contributed by atoms with Gasteiger partial charge in [0.15, 0.2) is 0 Å². The van der Waals surface area contributed by atoms with Crippen LogP contribution in [0.15, 0.2) is 60.1 Å². The maximum Gasteiger partial charge on any atom is 0.437 e. The van der Waals surface area contributed by atoms with Crippen LogP contribution in [0.4, 0.5) is 4.79 Å². The molecule has 0 fully saturated rings. The number of rotatable bonds is 3. The number of carbonyl (C=O) groups is 1. The summed E-state index contributed by atoms with van der Waals surface area (Å²) in [6, 6.07) is 15.3. The summed E-state index contributed by atoms with van der Waals surface area (Å²) in [5, 5.41) is 0. The van der Waals surface area contributed by atoms with E-state index >= 15 is 0 Å². The summed E-state index contributed by atoms with van der Waals surface area (Å²) in [5.41, 5.74) is 4.16. The van der Waals surface area contributed by atoms with Gasteiger partial charge in [0.1, 0.15) is 6.61 Å². The number of hydrogen-bond acceptors (Lipinski definition) is 2. The third-order valence-electron chi connectivity index (χ3n) is 3.59. The molecule has 1 heterocycles. The van der Waals surface area contributed by atoms with Crippen LogP contribution < -0.4 is 5.62 Å². The molecule has 0 saturated carbocycles. The van der Waals surface area contributed by atoms with Gasteiger partial charge in [0.2, 0.25) is 5.62 Å². The number of fused-ring (bicyclic) bond motifs is 1. The Morgan fingerprint density at radius 1 is 1.26 bits per heavy atom. The lowest BCUT2D eigenvalue weighted by Gasteiger charge is -2.01. The smallest absolute Gasteiger partial charge is 0.437 e. The van der Waals surface area contributed by atoms with Crippen molar-refractivity contribution in [2.45, 2.75) is 6.61 Å². The van der Waals surface area contributed by atoms with Gasteiger partial charge < -0.3 is 14.3 Å². The van der Waals surface area contributed by atoms with E-state index in [1.54, 1.807) is 6.08 Å². The molecule has 0 radical (unpaired) electrons. The minimum absolute atomic E-state index is 0.199. The first-order chi connectivity index (χ1) is 11.2. The van der Waals surface area contributed by atoms with E-state index in [2.05, 4.69) is 16.6 Å². The highest BCUT2D eigenvalue weighted by Gasteiger charge is 2.07. The number of carbonyl (C=O) groups excluding carboxylic acids is 1. The van der Waals surface area contributed by atoms with Crippen LogP contribution in [0.25, 0.3) is 17.1 Å². The first-order valence-electron chi connectivity index (χ1n) is 7.24. The molecule has 116 valence electrons. The van der Waals surface area contributed by atoms with Gasteiger partial charge in [0.05, 0.1) is 11.0 Å². The molecule has 0 aliphatic carbocycles. The van der Waals surface area contributed by atoms with Crippen molar-refractivity contribution in [3.63, 3.8) is 0 Å².